The number of non-ortho nitro benzene ring substituents is 1. The summed E-state index contributed by atoms with van der Waals surface area (Å²) in [7, 11) is -2.58. The third kappa shape index (κ3) is 8.80. The number of carbonyl (C=O) groups is 1. The molecule has 0 radical (unpaired) electrons. The number of nitro benzene ring substituents is 1. The molecule has 2 aromatic rings. The molecule has 0 aliphatic carbocycles. The van der Waals surface area contributed by atoms with Crippen LogP contribution in [0.5, 0.6) is 0 Å². The van der Waals surface area contributed by atoms with E-state index in [4.69, 9.17) is 4.74 Å². The maximum absolute atomic E-state index is 13.5. The lowest BCUT2D eigenvalue weighted by Gasteiger charge is -2.36. The molecule has 204 valence electrons. The number of sulfonamides is 1. The van der Waals surface area contributed by atoms with E-state index < -0.39 is 38.8 Å². The fourth-order valence-electron chi connectivity index (χ4n) is 3.75. The maximum Gasteiger partial charge on any atom is 0.410 e. The van der Waals surface area contributed by atoms with E-state index in [-0.39, 0.29) is 36.0 Å². The van der Waals surface area contributed by atoms with E-state index in [1.807, 2.05) is 44.2 Å². The molecule has 0 aliphatic heterocycles. The molecule has 2 aromatic carbocycles. The first-order chi connectivity index (χ1) is 17.1. The summed E-state index contributed by atoms with van der Waals surface area (Å²) in [6.07, 6.45) is -1.63. The Morgan fingerprint density at radius 2 is 1.62 bits per heavy atom. The van der Waals surface area contributed by atoms with Gasteiger partial charge in [-0.25, -0.2) is 13.2 Å². The second-order valence-electron chi connectivity index (χ2n) is 10.4. The van der Waals surface area contributed by atoms with Crippen LogP contribution in [0.4, 0.5) is 10.5 Å². The zero-order valence-electron chi connectivity index (χ0n) is 22.2. The highest BCUT2D eigenvalue weighted by molar-refractivity contribution is 7.89. The first-order valence-electron chi connectivity index (χ1n) is 12.0. The summed E-state index contributed by atoms with van der Waals surface area (Å²) in [6, 6.07) is 13.1. The van der Waals surface area contributed by atoms with Gasteiger partial charge in [-0.1, -0.05) is 44.2 Å². The highest BCUT2D eigenvalue weighted by atomic mass is 32.2. The van der Waals surface area contributed by atoms with E-state index in [0.29, 0.717) is 0 Å². The number of aliphatic hydroxyl groups is 1. The number of aliphatic hydroxyl groups excluding tert-OH is 1. The van der Waals surface area contributed by atoms with E-state index >= 15 is 0 Å². The summed E-state index contributed by atoms with van der Waals surface area (Å²) >= 11 is 0. The Labute approximate surface area is 219 Å². The van der Waals surface area contributed by atoms with Crippen molar-refractivity contribution < 1.29 is 28.0 Å². The molecule has 10 nitrogen and oxygen atoms in total. The summed E-state index contributed by atoms with van der Waals surface area (Å²) in [5, 5.41) is 22.3. The van der Waals surface area contributed by atoms with Gasteiger partial charge in [-0.2, -0.15) is 4.31 Å². The molecular weight excluding hydrogens is 498 g/mol. The second kappa shape index (κ2) is 12.5. The average Bonchev–Trinajstić information content (AvgIpc) is 2.81. The Kier molecular flexibility index (Phi) is 10.2. The van der Waals surface area contributed by atoms with Gasteiger partial charge in [0.15, 0.2) is 0 Å². The quantitative estimate of drug-likeness (QED) is 0.339. The number of likely N-dealkylation sites (N-methyl/N-ethyl adjacent to an activating group) is 1. The number of benzene rings is 2. The van der Waals surface area contributed by atoms with Crippen molar-refractivity contribution in [2.75, 3.05) is 20.1 Å². The van der Waals surface area contributed by atoms with E-state index in [1.165, 1.54) is 24.1 Å². The summed E-state index contributed by atoms with van der Waals surface area (Å²) in [4.78, 5) is 24.4. The largest absolute Gasteiger partial charge is 0.444 e. The van der Waals surface area contributed by atoms with Crippen molar-refractivity contribution in [3.05, 3.63) is 70.3 Å². The topological polar surface area (TPSA) is 130 Å². The van der Waals surface area contributed by atoms with Gasteiger partial charge in [0.25, 0.3) is 5.69 Å². The molecule has 0 spiro atoms. The Hall–Kier alpha value is -3.02. The van der Waals surface area contributed by atoms with Crippen molar-refractivity contribution in [2.45, 2.75) is 63.7 Å². The van der Waals surface area contributed by atoms with E-state index in [1.54, 1.807) is 20.8 Å². The van der Waals surface area contributed by atoms with Crippen LogP contribution < -0.4 is 0 Å². The van der Waals surface area contributed by atoms with E-state index in [9.17, 15) is 28.4 Å². The smallest absolute Gasteiger partial charge is 0.410 e. The molecule has 1 N–H and O–H groups in total. The van der Waals surface area contributed by atoms with Crippen LogP contribution in [0.2, 0.25) is 0 Å². The molecule has 0 aromatic heterocycles. The molecule has 11 heteroatoms. The maximum atomic E-state index is 13.5. The van der Waals surface area contributed by atoms with Gasteiger partial charge in [0.2, 0.25) is 10.0 Å². The average molecular weight is 536 g/mol. The molecule has 2 atom stereocenters. The predicted octanol–water partition coefficient (Wildman–Crippen LogP) is 4.08. The lowest BCUT2D eigenvalue weighted by atomic mass is 10.00. The van der Waals surface area contributed by atoms with Crippen LogP contribution in [0.3, 0.4) is 0 Å². The van der Waals surface area contributed by atoms with Crippen molar-refractivity contribution in [3.8, 4) is 0 Å². The van der Waals surface area contributed by atoms with Gasteiger partial charge in [-0.3, -0.25) is 10.1 Å². The van der Waals surface area contributed by atoms with Crippen LogP contribution in [0.1, 0.15) is 40.2 Å². The zero-order chi connectivity index (χ0) is 28.0. The number of amides is 1. The second-order valence-corrected chi connectivity index (χ2v) is 12.3. The normalized spacial score (nSPS) is 13.9. The van der Waals surface area contributed by atoms with Gasteiger partial charge in [0, 0.05) is 32.3 Å². The Morgan fingerprint density at radius 3 is 2.11 bits per heavy atom. The number of carbonyl (C=O) groups excluding carboxylic acids is 1. The summed E-state index contributed by atoms with van der Waals surface area (Å²) in [5.41, 5.74) is -0.122. The fourth-order valence-corrected chi connectivity index (χ4v) is 5.37. The summed E-state index contributed by atoms with van der Waals surface area (Å²) in [6.45, 7) is 8.72. The van der Waals surface area contributed by atoms with Crippen molar-refractivity contribution in [1.29, 1.82) is 0 Å². The van der Waals surface area contributed by atoms with Crippen LogP contribution in [-0.4, -0.2) is 71.6 Å². The number of rotatable bonds is 11. The predicted molar refractivity (Wildman–Crippen MR) is 141 cm³/mol. The fraction of sp³-hybridized carbons (Fsp3) is 0.500. The van der Waals surface area contributed by atoms with Crippen molar-refractivity contribution in [1.82, 2.24) is 9.21 Å². The molecular formula is C26H37N3O7S. The monoisotopic (exact) mass is 535 g/mol. The van der Waals surface area contributed by atoms with Crippen molar-refractivity contribution >= 4 is 21.8 Å². The number of hydrogen-bond acceptors (Lipinski definition) is 7. The minimum atomic E-state index is -4.10. The Bertz CT molecular complexity index is 1150. The van der Waals surface area contributed by atoms with Gasteiger partial charge < -0.3 is 14.7 Å². The molecule has 37 heavy (non-hydrogen) atoms. The minimum Gasteiger partial charge on any atom is -0.444 e. The first-order valence-corrected chi connectivity index (χ1v) is 13.5. The Balaban J connectivity index is 2.39. The molecule has 0 bridgehead atoms. The lowest BCUT2D eigenvalue weighted by molar-refractivity contribution is -0.384. The standard InChI is InChI=1S/C26H37N3O7S/c1-19(2)17-28(37(34,35)22-14-12-21(13-15-22)29(32)33)18-24(30)23(16-20-10-8-7-9-11-20)27(6)25(31)36-26(3,4)5/h7-15,19,23-24,30H,16-18H2,1-6H3/t23-,24+/m1/s1. The Morgan fingerprint density at radius 1 is 1.05 bits per heavy atom. The first kappa shape index (κ1) is 30.2. The van der Waals surface area contributed by atoms with Crippen LogP contribution in [0.15, 0.2) is 59.5 Å². The number of nitrogens with zero attached hydrogens (tertiary/aromatic N) is 3. The SMILES string of the molecule is CC(C)CN(C[C@H](O)[C@@H](Cc1ccccc1)N(C)C(=O)OC(C)(C)C)S(=O)(=O)c1ccc([N+](=O)[O-])cc1. The van der Waals surface area contributed by atoms with Gasteiger partial charge in [-0.05, 0) is 50.8 Å². The molecule has 0 unspecified atom stereocenters. The van der Waals surface area contributed by atoms with Crippen molar-refractivity contribution in [2.24, 2.45) is 5.92 Å². The highest BCUT2D eigenvalue weighted by Gasteiger charge is 2.35. The molecule has 0 fully saturated rings. The van der Waals surface area contributed by atoms with E-state index in [2.05, 4.69) is 0 Å². The summed E-state index contributed by atoms with van der Waals surface area (Å²) in [5.74, 6) is -0.0730. The third-order valence-corrected chi connectivity index (χ3v) is 7.40. The highest BCUT2D eigenvalue weighted by Crippen LogP contribution is 2.23. The molecule has 0 heterocycles. The van der Waals surface area contributed by atoms with Gasteiger partial charge in [0.1, 0.15) is 5.60 Å². The molecule has 0 aliphatic rings. The number of nitro groups is 1. The van der Waals surface area contributed by atoms with Crippen LogP contribution in [0, 0.1) is 16.0 Å². The lowest BCUT2D eigenvalue weighted by Crippen LogP contribution is -2.52. The minimum absolute atomic E-state index is 0.0730. The molecule has 2 rings (SSSR count). The van der Waals surface area contributed by atoms with Crippen molar-refractivity contribution in [3.63, 3.8) is 0 Å². The van der Waals surface area contributed by atoms with Gasteiger partial charge in [-0.15, -0.1) is 0 Å². The molecule has 0 saturated heterocycles. The van der Waals surface area contributed by atoms with Gasteiger partial charge >= 0.3 is 6.09 Å². The van der Waals surface area contributed by atoms with E-state index in [0.717, 1.165) is 22.0 Å². The number of ether oxygens (including phenoxy) is 1. The zero-order valence-corrected chi connectivity index (χ0v) is 23.0. The molecule has 0 saturated carbocycles. The third-order valence-electron chi connectivity index (χ3n) is 5.56. The number of hydrogen-bond donors (Lipinski definition) is 1. The van der Waals surface area contributed by atoms with Gasteiger partial charge in [0.05, 0.1) is 22.0 Å². The van der Waals surface area contributed by atoms with Crippen LogP contribution >= 0.6 is 0 Å². The van der Waals surface area contributed by atoms with Crippen LogP contribution in [-0.2, 0) is 21.2 Å². The molecule has 1 amide bonds. The summed E-state index contributed by atoms with van der Waals surface area (Å²) < 4.78 is 33.6. The van der Waals surface area contributed by atoms with Crippen LogP contribution in [0.25, 0.3) is 0 Å².